The molecular formula is C16H18N6O2. The summed E-state index contributed by atoms with van der Waals surface area (Å²) >= 11 is 0. The number of aliphatic hydroxyl groups is 1. The Morgan fingerprint density at radius 1 is 1.42 bits per heavy atom. The fourth-order valence-corrected chi connectivity index (χ4v) is 2.29. The molecule has 3 aromatic rings. The van der Waals surface area contributed by atoms with Gasteiger partial charge in [0.05, 0.1) is 30.8 Å². The van der Waals surface area contributed by atoms with E-state index < -0.39 is 5.60 Å². The van der Waals surface area contributed by atoms with Crippen LogP contribution in [-0.2, 0) is 12.6 Å². The highest BCUT2D eigenvalue weighted by molar-refractivity contribution is 5.94. The summed E-state index contributed by atoms with van der Waals surface area (Å²) < 4.78 is 3.18. The minimum absolute atomic E-state index is 0.0745. The lowest BCUT2D eigenvalue weighted by Gasteiger charge is -2.22. The summed E-state index contributed by atoms with van der Waals surface area (Å²) in [4.78, 5) is 12.4. The summed E-state index contributed by atoms with van der Waals surface area (Å²) in [5.41, 5.74) is 0.652. The third-order valence-electron chi connectivity index (χ3n) is 3.72. The summed E-state index contributed by atoms with van der Waals surface area (Å²) in [5.74, 6) is -0.277. The SMILES string of the molecule is Cn1cc(C(C)(O)CNC(=O)c2cccc(-n3ccnn3)c2)cn1. The van der Waals surface area contributed by atoms with Crippen LogP contribution in [0.4, 0.5) is 0 Å². The lowest BCUT2D eigenvalue weighted by Crippen LogP contribution is -2.38. The van der Waals surface area contributed by atoms with Gasteiger partial charge in [-0.25, -0.2) is 4.68 Å². The minimum atomic E-state index is -1.20. The summed E-state index contributed by atoms with van der Waals surface area (Å²) in [5, 5.41) is 24.9. The molecule has 0 fully saturated rings. The molecule has 0 saturated carbocycles. The number of amides is 1. The zero-order valence-electron chi connectivity index (χ0n) is 13.4. The van der Waals surface area contributed by atoms with Gasteiger partial charge in [-0.15, -0.1) is 5.10 Å². The maximum atomic E-state index is 12.4. The number of aromatic nitrogens is 5. The third-order valence-corrected chi connectivity index (χ3v) is 3.72. The molecule has 1 atom stereocenters. The van der Waals surface area contributed by atoms with Crippen LogP contribution < -0.4 is 5.32 Å². The first-order chi connectivity index (χ1) is 11.5. The first kappa shape index (κ1) is 15.9. The van der Waals surface area contributed by atoms with E-state index in [2.05, 4.69) is 20.7 Å². The molecule has 0 saturated heterocycles. The van der Waals surface area contributed by atoms with E-state index in [-0.39, 0.29) is 12.5 Å². The van der Waals surface area contributed by atoms with Gasteiger partial charge >= 0.3 is 0 Å². The van der Waals surface area contributed by atoms with Crippen LogP contribution in [0.5, 0.6) is 0 Å². The van der Waals surface area contributed by atoms with E-state index in [0.717, 1.165) is 5.69 Å². The Labute approximate surface area is 138 Å². The molecule has 1 unspecified atom stereocenters. The predicted octanol–water partition coefficient (Wildman–Crippen LogP) is 0.638. The van der Waals surface area contributed by atoms with Gasteiger partial charge in [0.1, 0.15) is 5.60 Å². The van der Waals surface area contributed by atoms with Crippen LogP contribution in [-0.4, -0.2) is 42.3 Å². The number of carbonyl (C=O) groups excluding carboxylic acids is 1. The molecule has 1 amide bonds. The molecule has 2 heterocycles. The van der Waals surface area contributed by atoms with Crippen molar-refractivity contribution in [3.63, 3.8) is 0 Å². The quantitative estimate of drug-likeness (QED) is 0.717. The maximum Gasteiger partial charge on any atom is 0.251 e. The molecule has 0 bridgehead atoms. The largest absolute Gasteiger partial charge is 0.383 e. The van der Waals surface area contributed by atoms with Crippen LogP contribution >= 0.6 is 0 Å². The molecule has 0 spiro atoms. The number of nitrogens with one attached hydrogen (secondary N) is 1. The van der Waals surface area contributed by atoms with Crippen LogP contribution in [0.1, 0.15) is 22.8 Å². The van der Waals surface area contributed by atoms with Gasteiger partial charge in [0, 0.05) is 24.4 Å². The molecule has 8 heteroatoms. The van der Waals surface area contributed by atoms with Gasteiger partial charge in [-0.2, -0.15) is 5.10 Å². The van der Waals surface area contributed by atoms with Gasteiger partial charge in [0.2, 0.25) is 0 Å². The van der Waals surface area contributed by atoms with Crippen molar-refractivity contribution in [2.75, 3.05) is 6.54 Å². The predicted molar refractivity (Wildman–Crippen MR) is 86.5 cm³/mol. The van der Waals surface area contributed by atoms with Gasteiger partial charge in [-0.05, 0) is 25.1 Å². The molecule has 1 aromatic carbocycles. The van der Waals surface area contributed by atoms with Crippen LogP contribution in [0.15, 0.2) is 49.1 Å². The number of nitrogens with zero attached hydrogens (tertiary/aromatic N) is 5. The second-order valence-corrected chi connectivity index (χ2v) is 5.76. The first-order valence-corrected chi connectivity index (χ1v) is 7.42. The second kappa shape index (κ2) is 6.25. The Morgan fingerprint density at radius 2 is 2.25 bits per heavy atom. The summed E-state index contributed by atoms with van der Waals surface area (Å²) in [6.45, 7) is 1.71. The van der Waals surface area contributed by atoms with Crippen LogP contribution in [0, 0.1) is 0 Å². The highest BCUT2D eigenvalue weighted by atomic mass is 16.3. The van der Waals surface area contributed by atoms with E-state index >= 15 is 0 Å². The lowest BCUT2D eigenvalue weighted by molar-refractivity contribution is 0.0526. The van der Waals surface area contributed by atoms with Gasteiger partial charge in [-0.1, -0.05) is 11.3 Å². The summed E-state index contributed by atoms with van der Waals surface area (Å²) in [6.07, 6.45) is 6.57. The normalized spacial score (nSPS) is 13.5. The van der Waals surface area contributed by atoms with Gasteiger partial charge in [-0.3, -0.25) is 9.48 Å². The Morgan fingerprint density at radius 3 is 2.92 bits per heavy atom. The molecule has 0 aliphatic rings. The first-order valence-electron chi connectivity index (χ1n) is 7.42. The van der Waals surface area contributed by atoms with Crippen molar-refractivity contribution in [3.8, 4) is 5.69 Å². The number of carbonyl (C=O) groups is 1. The summed E-state index contributed by atoms with van der Waals surface area (Å²) in [6, 6.07) is 7.01. The molecule has 0 radical (unpaired) electrons. The van der Waals surface area contributed by atoms with E-state index in [1.807, 2.05) is 6.07 Å². The van der Waals surface area contributed by atoms with Crippen molar-refractivity contribution in [3.05, 3.63) is 60.2 Å². The average molecular weight is 326 g/mol. The van der Waals surface area contributed by atoms with E-state index in [0.29, 0.717) is 11.1 Å². The molecule has 2 aromatic heterocycles. The third kappa shape index (κ3) is 3.33. The van der Waals surface area contributed by atoms with Crippen LogP contribution in [0.3, 0.4) is 0 Å². The topological polar surface area (TPSA) is 97.9 Å². The molecule has 0 aliphatic carbocycles. The smallest absolute Gasteiger partial charge is 0.251 e. The molecule has 24 heavy (non-hydrogen) atoms. The van der Waals surface area contributed by atoms with Crippen LogP contribution in [0.2, 0.25) is 0 Å². The van der Waals surface area contributed by atoms with Crippen molar-refractivity contribution in [2.45, 2.75) is 12.5 Å². The molecular weight excluding hydrogens is 308 g/mol. The fraction of sp³-hybridized carbons (Fsp3) is 0.250. The number of hydrogen-bond acceptors (Lipinski definition) is 5. The minimum Gasteiger partial charge on any atom is -0.383 e. The molecule has 124 valence electrons. The van der Waals surface area contributed by atoms with Gasteiger partial charge < -0.3 is 10.4 Å². The Balaban J connectivity index is 1.70. The van der Waals surface area contributed by atoms with E-state index in [1.54, 1.807) is 66.3 Å². The molecule has 2 N–H and O–H groups in total. The highest BCUT2D eigenvalue weighted by Gasteiger charge is 2.25. The lowest BCUT2D eigenvalue weighted by atomic mass is 9.99. The fourth-order valence-electron chi connectivity index (χ4n) is 2.29. The van der Waals surface area contributed by atoms with Crippen molar-refractivity contribution in [1.82, 2.24) is 30.1 Å². The Hall–Kier alpha value is -3.00. The number of rotatable bonds is 5. The number of aryl methyl sites for hydroxylation is 1. The van der Waals surface area contributed by atoms with Crippen molar-refractivity contribution in [1.29, 1.82) is 0 Å². The highest BCUT2D eigenvalue weighted by Crippen LogP contribution is 2.18. The van der Waals surface area contributed by atoms with E-state index in [9.17, 15) is 9.90 Å². The zero-order valence-corrected chi connectivity index (χ0v) is 13.4. The van der Waals surface area contributed by atoms with E-state index in [1.165, 1.54) is 0 Å². The monoisotopic (exact) mass is 326 g/mol. The van der Waals surface area contributed by atoms with Gasteiger partial charge in [0.15, 0.2) is 0 Å². The zero-order chi connectivity index (χ0) is 17.2. The van der Waals surface area contributed by atoms with E-state index in [4.69, 9.17) is 0 Å². The van der Waals surface area contributed by atoms with Gasteiger partial charge in [0.25, 0.3) is 5.91 Å². The second-order valence-electron chi connectivity index (χ2n) is 5.76. The molecule has 0 aliphatic heterocycles. The van der Waals surface area contributed by atoms with Crippen molar-refractivity contribution >= 4 is 5.91 Å². The maximum absolute atomic E-state index is 12.4. The van der Waals surface area contributed by atoms with Crippen molar-refractivity contribution < 1.29 is 9.90 Å². The summed E-state index contributed by atoms with van der Waals surface area (Å²) in [7, 11) is 1.77. The Bertz CT molecular complexity index is 838. The van der Waals surface area contributed by atoms with Crippen molar-refractivity contribution in [2.24, 2.45) is 7.05 Å². The number of benzene rings is 1. The number of hydrogen-bond donors (Lipinski definition) is 2. The molecule has 8 nitrogen and oxygen atoms in total. The van der Waals surface area contributed by atoms with Crippen LogP contribution in [0.25, 0.3) is 5.69 Å². The molecule has 3 rings (SSSR count). The Kier molecular flexibility index (Phi) is 4.13. The standard InChI is InChI=1S/C16H18N6O2/c1-16(24,13-9-19-21(2)10-13)11-17-15(23)12-4-3-5-14(8-12)22-7-6-18-20-22/h3-10,24H,11H2,1-2H3,(H,17,23). The average Bonchev–Trinajstić information content (AvgIpc) is 3.24.